The molecule has 0 unspecified atom stereocenters. The average Bonchev–Trinajstić information content (AvgIpc) is 4.06. The van der Waals surface area contributed by atoms with Crippen LogP contribution in [0.1, 0.15) is 99.6 Å². The van der Waals surface area contributed by atoms with Crippen LogP contribution in [0.2, 0.25) is 0 Å². The van der Waals surface area contributed by atoms with E-state index in [1.54, 1.807) is 16.7 Å². The Balaban J connectivity index is 0.00000740. The molecular formula is C61H56N4OPt-2. The molecule has 0 saturated carbocycles. The van der Waals surface area contributed by atoms with Crippen LogP contribution in [0.3, 0.4) is 0 Å². The van der Waals surface area contributed by atoms with Gasteiger partial charge in [-0.05, 0) is 85.2 Å². The average molecular weight is 1070 g/mol. The molecule has 0 saturated heterocycles. The van der Waals surface area contributed by atoms with Crippen LogP contribution in [-0.2, 0) is 37.3 Å². The van der Waals surface area contributed by atoms with Crippen LogP contribution in [0.25, 0.3) is 72.3 Å². The topological polar surface area (TPSA) is 35.9 Å². The first-order chi connectivity index (χ1) is 36.1. The van der Waals surface area contributed by atoms with Crippen LogP contribution in [0, 0.1) is 25.3 Å². The molecule has 0 aliphatic carbocycles. The van der Waals surface area contributed by atoms with E-state index >= 15 is 0 Å². The maximum atomic E-state index is 9.82. The summed E-state index contributed by atoms with van der Waals surface area (Å²) in [5.74, 6) is 0.885. The van der Waals surface area contributed by atoms with Gasteiger partial charge in [-0.2, -0.15) is 18.2 Å². The van der Waals surface area contributed by atoms with E-state index in [0.29, 0.717) is 50.5 Å². The number of imidazole rings is 1. The van der Waals surface area contributed by atoms with E-state index in [4.69, 9.17) is 20.7 Å². The molecule has 7 aromatic carbocycles. The van der Waals surface area contributed by atoms with E-state index in [1.807, 2.05) is 130 Å². The first-order valence-corrected chi connectivity index (χ1v) is 22.1. The monoisotopic (exact) mass is 1070 g/mol. The molecule has 0 atom stereocenters. The normalized spacial score (nSPS) is 14.7. The fourth-order valence-corrected chi connectivity index (χ4v) is 8.42. The summed E-state index contributed by atoms with van der Waals surface area (Å²) in [6, 6.07) is 36.8. The first kappa shape index (κ1) is 33.8. The standard InChI is InChI=1S/C61H56N4O.Pt/c1-40-32-57(62-38-51(40)41-20-12-11-13-21-41)65-53-27-15-14-24-49(53)50-31-30-47(37-56(50)65)66-46-23-18-22-45(36-46)63-39-64(55-29-17-16-28-54(55)63)58-48(25-19-26-52(58)61(8,9)10)42-33-43(59(2,3)4)35-44(34-42)60(5,6)7;/h11-35,38H,1-10H3;/q-2;/i1D3,11D,12D,13D,20D,21D,33D,34D,35D;. The van der Waals surface area contributed by atoms with Crippen molar-refractivity contribution in [1.82, 2.24) is 14.1 Å². The number of hydrogen-bond donors (Lipinski definition) is 0. The Morgan fingerprint density at radius 2 is 1.33 bits per heavy atom. The number of ether oxygens (including phenoxy) is 1. The molecule has 0 N–H and O–H groups in total. The molecule has 10 rings (SSSR count). The minimum atomic E-state index is -2.77. The largest absolute Gasteiger partial charge is 0.510 e. The second-order valence-electron chi connectivity index (χ2n) is 19.7. The first-order valence-electron chi connectivity index (χ1n) is 27.6. The third-order valence-corrected chi connectivity index (χ3v) is 11.8. The molecule has 0 spiro atoms. The Kier molecular flexibility index (Phi) is 8.72. The summed E-state index contributed by atoms with van der Waals surface area (Å²) >= 11 is 0. The predicted molar refractivity (Wildman–Crippen MR) is 272 cm³/mol. The Hall–Kier alpha value is -6.55. The van der Waals surface area contributed by atoms with Gasteiger partial charge in [0.25, 0.3) is 6.33 Å². The number of para-hydroxylation sites is 4. The smallest absolute Gasteiger partial charge is 0.268 e. The van der Waals surface area contributed by atoms with Crippen molar-refractivity contribution in [3.05, 3.63) is 198 Å². The molecule has 0 aliphatic rings. The van der Waals surface area contributed by atoms with E-state index in [1.165, 1.54) is 12.3 Å². The van der Waals surface area contributed by atoms with E-state index in [-0.39, 0.29) is 61.7 Å². The Morgan fingerprint density at radius 3 is 2.04 bits per heavy atom. The van der Waals surface area contributed by atoms with E-state index in [0.717, 1.165) is 33.1 Å². The molecule has 6 heteroatoms. The van der Waals surface area contributed by atoms with Gasteiger partial charge >= 0.3 is 0 Å². The molecule has 338 valence electrons. The van der Waals surface area contributed by atoms with Crippen molar-refractivity contribution < 1.29 is 45.4 Å². The Morgan fingerprint density at radius 1 is 0.642 bits per heavy atom. The second-order valence-corrected chi connectivity index (χ2v) is 19.7. The van der Waals surface area contributed by atoms with Gasteiger partial charge in [0.1, 0.15) is 5.82 Å². The summed E-state index contributed by atoms with van der Waals surface area (Å²) in [6.45, 7) is 15.8. The van der Waals surface area contributed by atoms with Gasteiger partial charge in [0.05, 0.1) is 27.7 Å². The molecule has 67 heavy (non-hydrogen) atoms. The number of nitrogens with zero attached hydrogens (tertiary/aromatic N) is 4. The van der Waals surface area contributed by atoms with Crippen molar-refractivity contribution in [2.75, 3.05) is 0 Å². The molecule has 0 aliphatic heterocycles. The molecule has 0 amide bonds. The zero-order valence-corrected chi connectivity index (χ0v) is 41.2. The number of aryl methyl sites for hydroxylation is 1. The van der Waals surface area contributed by atoms with Crippen molar-refractivity contribution in [3.8, 4) is 50.9 Å². The summed E-state index contributed by atoms with van der Waals surface area (Å²) in [5.41, 5.74) is 5.39. The number of fused-ring (bicyclic) bond motifs is 4. The van der Waals surface area contributed by atoms with Gasteiger partial charge in [0.15, 0.2) is 0 Å². The summed E-state index contributed by atoms with van der Waals surface area (Å²) in [5, 5.41) is 1.61. The van der Waals surface area contributed by atoms with E-state index < -0.39 is 53.3 Å². The summed E-state index contributed by atoms with van der Waals surface area (Å²) in [4.78, 5) is 4.70. The summed E-state index contributed by atoms with van der Waals surface area (Å²) in [7, 11) is 0. The molecule has 0 radical (unpaired) electrons. The van der Waals surface area contributed by atoms with Crippen LogP contribution in [0.15, 0.2) is 158 Å². The van der Waals surface area contributed by atoms with Crippen molar-refractivity contribution in [2.24, 2.45) is 0 Å². The van der Waals surface area contributed by atoms with Gasteiger partial charge in [-0.1, -0.05) is 177 Å². The third kappa shape index (κ3) is 8.55. The molecule has 3 heterocycles. The SMILES string of the molecule is [2H]c1c([2H])c([2H])c(-c2cnc(-n3c4[c-]c(Oc5[c-]c(-n6[c-][n+](-c7c(-c8c([2H])c(C(C)(C)C)c([2H])c(C(C)(C)C)c8[2H])cccc7C(C)(C)C)c7ccccc76)ccc5)ccc4c4ccccc43)cc2C([2H])([2H])[2H])c([2H])c1[2H].[Pt]. The van der Waals surface area contributed by atoms with Gasteiger partial charge in [-0.25, -0.2) is 4.98 Å². The van der Waals surface area contributed by atoms with E-state index in [2.05, 4.69) is 45.3 Å². The number of pyridine rings is 1. The van der Waals surface area contributed by atoms with Crippen molar-refractivity contribution in [2.45, 2.75) is 85.4 Å². The van der Waals surface area contributed by atoms with Crippen LogP contribution >= 0.6 is 0 Å². The molecular weight excluding hydrogens is 1000 g/mol. The van der Waals surface area contributed by atoms with Crippen LogP contribution in [0.4, 0.5) is 0 Å². The maximum absolute atomic E-state index is 9.82. The molecule has 10 aromatic rings. The quantitative estimate of drug-likeness (QED) is 0.118. The summed E-state index contributed by atoms with van der Waals surface area (Å²) < 4.78 is 109. The van der Waals surface area contributed by atoms with Gasteiger partial charge in [-0.3, -0.25) is 4.57 Å². The van der Waals surface area contributed by atoms with Gasteiger partial charge in [0.2, 0.25) is 0 Å². The van der Waals surface area contributed by atoms with Crippen molar-refractivity contribution in [3.63, 3.8) is 0 Å². The molecule has 5 nitrogen and oxygen atoms in total. The Labute approximate surface area is 425 Å². The van der Waals surface area contributed by atoms with E-state index in [9.17, 15) is 4.11 Å². The van der Waals surface area contributed by atoms with Gasteiger partial charge in [0, 0.05) is 54.0 Å². The predicted octanol–water partition coefficient (Wildman–Crippen LogP) is 15.1. The number of benzene rings is 7. The van der Waals surface area contributed by atoms with Crippen LogP contribution < -0.4 is 9.30 Å². The third-order valence-electron chi connectivity index (χ3n) is 11.8. The van der Waals surface area contributed by atoms with Crippen molar-refractivity contribution in [1.29, 1.82) is 0 Å². The minimum absolute atomic E-state index is 0. The number of rotatable bonds is 7. The maximum Gasteiger partial charge on any atom is 0.268 e. The Bertz CT molecular complexity index is 3990. The minimum Gasteiger partial charge on any atom is -0.510 e. The zero-order valence-electron chi connectivity index (χ0n) is 49.9. The second kappa shape index (κ2) is 17.3. The van der Waals surface area contributed by atoms with Gasteiger partial charge < -0.3 is 13.9 Å². The van der Waals surface area contributed by atoms with Crippen LogP contribution in [-0.4, -0.2) is 14.1 Å². The fourth-order valence-electron chi connectivity index (χ4n) is 8.42. The van der Waals surface area contributed by atoms with Crippen LogP contribution in [0.5, 0.6) is 11.5 Å². The zero-order chi connectivity index (χ0) is 55.6. The van der Waals surface area contributed by atoms with Gasteiger partial charge in [-0.15, -0.1) is 29.7 Å². The number of hydrogen-bond acceptors (Lipinski definition) is 2. The molecule has 0 bridgehead atoms. The molecule has 3 aromatic heterocycles. The fraction of sp³-hybridized carbons (Fsp3) is 0.213. The number of aromatic nitrogens is 4. The molecule has 0 fully saturated rings. The summed E-state index contributed by atoms with van der Waals surface area (Å²) in [6.07, 6.45) is 4.92. The van der Waals surface area contributed by atoms with Crippen molar-refractivity contribution >= 4 is 32.8 Å².